The van der Waals surface area contributed by atoms with E-state index in [1.54, 1.807) is 31.4 Å². The number of methoxy groups -OCH3 is 2. The molecule has 0 bridgehead atoms. The van der Waals surface area contributed by atoms with Gasteiger partial charge in [-0.3, -0.25) is 4.79 Å². The second-order valence-corrected chi connectivity index (χ2v) is 9.45. The molecule has 1 fully saturated rings. The van der Waals surface area contributed by atoms with E-state index >= 15 is 0 Å². The molecule has 0 aromatic heterocycles. The Labute approximate surface area is 184 Å². The molecular weight excluding hydrogens is 416 g/mol. The highest BCUT2D eigenvalue weighted by Crippen LogP contribution is 2.28. The Morgan fingerprint density at radius 1 is 1.06 bits per heavy atom. The summed E-state index contributed by atoms with van der Waals surface area (Å²) in [5, 5.41) is 2.92. The van der Waals surface area contributed by atoms with Gasteiger partial charge in [-0.15, -0.1) is 0 Å². The predicted molar refractivity (Wildman–Crippen MR) is 119 cm³/mol. The van der Waals surface area contributed by atoms with Crippen molar-refractivity contribution in [3.8, 4) is 11.5 Å². The van der Waals surface area contributed by atoms with Gasteiger partial charge in [-0.05, 0) is 55.2 Å². The minimum atomic E-state index is -3.67. The van der Waals surface area contributed by atoms with E-state index in [4.69, 9.17) is 9.47 Å². The Balaban J connectivity index is 1.61. The first kappa shape index (κ1) is 23.1. The minimum absolute atomic E-state index is 0.142. The number of piperidine rings is 1. The van der Waals surface area contributed by atoms with Crippen molar-refractivity contribution in [2.75, 3.05) is 27.3 Å². The molecular formula is C23H30N2O5S. The molecule has 1 aliphatic heterocycles. The van der Waals surface area contributed by atoms with E-state index < -0.39 is 10.0 Å². The lowest BCUT2D eigenvalue weighted by Crippen LogP contribution is -2.46. The first-order valence-corrected chi connectivity index (χ1v) is 11.9. The Morgan fingerprint density at radius 3 is 2.52 bits per heavy atom. The molecule has 2 aromatic carbocycles. The third-order valence-electron chi connectivity index (χ3n) is 5.57. The molecule has 0 unspecified atom stereocenters. The Morgan fingerprint density at radius 2 is 1.81 bits per heavy atom. The number of carbonyl (C=O) groups is 1. The van der Waals surface area contributed by atoms with E-state index in [1.165, 1.54) is 11.4 Å². The maximum Gasteiger partial charge on any atom is 0.243 e. The summed E-state index contributed by atoms with van der Waals surface area (Å²) < 4.78 is 38.3. The number of ether oxygens (including phenoxy) is 2. The van der Waals surface area contributed by atoms with E-state index in [2.05, 4.69) is 5.32 Å². The summed E-state index contributed by atoms with van der Waals surface area (Å²) >= 11 is 0. The summed E-state index contributed by atoms with van der Waals surface area (Å²) in [6, 6.07) is 13.7. The summed E-state index contributed by atoms with van der Waals surface area (Å²) in [5.74, 6) is 1.25. The van der Waals surface area contributed by atoms with Crippen LogP contribution in [0.1, 0.15) is 31.2 Å². The first-order chi connectivity index (χ1) is 15.0. The molecule has 1 aliphatic rings. The molecule has 31 heavy (non-hydrogen) atoms. The van der Waals surface area contributed by atoms with Crippen LogP contribution in [0.25, 0.3) is 0 Å². The predicted octanol–water partition coefficient (Wildman–Crippen LogP) is 3.00. The molecule has 1 N–H and O–H groups in total. The SMILES string of the molecule is COc1ccc(S(=O)(=O)N2CCCC[C@@H]2CC(=O)NCCc2ccccc2OC)cc1. The number of amides is 1. The van der Waals surface area contributed by atoms with Gasteiger partial charge in [-0.1, -0.05) is 24.6 Å². The fourth-order valence-electron chi connectivity index (χ4n) is 3.91. The Hall–Kier alpha value is -2.58. The monoisotopic (exact) mass is 446 g/mol. The topological polar surface area (TPSA) is 84.9 Å². The standard InChI is InChI=1S/C23H30N2O5S/c1-29-20-10-12-21(13-11-20)31(27,28)25-16-6-5-8-19(25)17-23(26)24-15-14-18-7-3-4-9-22(18)30-2/h3-4,7,9-13,19H,5-6,8,14-17H2,1-2H3,(H,24,26)/t19-/m1/s1. The number of nitrogens with zero attached hydrogens (tertiary/aromatic N) is 1. The van der Waals surface area contributed by atoms with Crippen molar-refractivity contribution in [1.82, 2.24) is 9.62 Å². The van der Waals surface area contributed by atoms with Gasteiger partial charge >= 0.3 is 0 Å². The van der Waals surface area contributed by atoms with Crippen molar-refractivity contribution in [2.24, 2.45) is 0 Å². The molecule has 8 heteroatoms. The summed E-state index contributed by atoms with van der Waals surface area (Å²) in [4.78, 5) is 12.8. The van der Waals surface area contributed by atoms with Gasteiger partial charge in [0.25, 0.3) is 0 Å². The van der Waals surface area contributed by atoms with Gasteiger partial charge in [0.05, 0.1) is 19.1 Å². The molecule has 1 saturated heterocycles. The minimum Gasteiger partial charge on any atom is -0.497 e. The molecule has 1 amide bonds. The molecule has 0 aliphatic carbocycles. The van der Waals surface area contributed by atoms with E-state index in [1.807, 2.05) is 24.3 Å². The number of rotatable bonds is 9. The van der Waals surface area contributed by atoms with Gasteiger partial charge in [-0.25, -0.2) is 8.42 Å². The van der Waals surface area contributed by atoms with Gasteiger partial charge in [0.2, 0.25) is 15.9 Å². The molecule has 0 spiro atoms. The van der Waals surface area contributed by atoms with Crippen LogP contribution >= 0.6 is 0 Å². The number of nitrogens with one attached hydrogen (secondary N) is 1. The van der Waals surface area contributed by atoms with Crippen LogP contribution in [0.3, 0.4) is 0 Å². The fourth-order valence-corrected chi connectivity index (χ4v) is 5.60. The van der Waals surface area contributed by atoms with E-state index in [9.17, 15) is 13.2 Å². The van der Waals surface area contributed by atoms with Crippen LogP contribution in [0, 0.1) is 0 Å². The van der Waals surface area contributed by atoms with E-state index in [0.29, 0.717) is 31.7 Å². The van der Waals surface area contributed by atoms with Crippen molar-refractivity contribution >= 4 is 15.9 Å². The highest BCUT2D eigenvalue weighted by atomic mass is 32.2. The van der Waals surface area contributed by atoms with Crippen LogP contribution in [0.2, 0.25) is 0 Å². The lowest BCUT2D eigenvalue weighted by molar-refractivity contribution is -0.122. The number of para-hydroxylation sites is 1. The van der Waals surface area contributed by atoms with Crippen molar-refractivity contribution < 1.29 is 22.7 Å². The van der Waals surface area contributed by atoms with Gasteiger partial charge in [-0.2, -0.15) is 4.31 Å². The zero-order valence-electron chi connectivity index (χ0n) is 18.0. The largest absolute Gasteiger partial charge is 0.497 e. The maximum atomic E-state index is 13.2. The van der Waals surface area contributed by atoms with Crippen molar-refractivity contribution in [2.45, 2.75) is 43.0 Å². The van der Waals surface area contributed by atoms with Crippen LogP contribution in [0.15, 0.2) is 53.4 Å². The summed E-state index contributed by atoms with van der Waals surface area (Å²) in [6.07, 6.45) is 3.18. The van der Waals surface area contributed by atoms with E-state index in [0.717, 1.165) is 24.2 Å². The van der Waals surface area contributed by atoms with Crippen LogP contribution in [0.5, 0.6) is 11.5 Å². The number of hydrogen-bond donors (Lipinski definition) is 1. The molecule has 1 atom stereocenters. The normalized spacial score (nSPS) is 17.2. The van der Waals surface area contributed by atoms with Crippen LogP contribution in [-0.4, -0.2) is 52.0 Å². The van der Waals surface area contributed by atoms with Gasteiger partial charge < -0.3 is 14.8 Å². The van der Waals surface area contributed by atoms with Gasteiger partial charge in [0.15, 0.2) is 0 Å². The molecule has 1 heterocycles. The van der Waals surface area contributed by atoms with Crippen LogP contribution in [0.4, 0.5) is 0 Å². The quantitative estimate of drug-likeness (QED) is 0.640. The smallest absolute Gasteiger partial charge is 0.243 e. The van der Waals surface area contributed by atoms with Crippen LogP contribution < -0.4 is 14.8 Å². The molecule has 168 valence electrons. The third-order valence-corrected chi connectivity index (χ3v) is 7.54. The highest BCUT2D eigenvalue weighted by Gasteiger charge is 2.34. The lowest BCUT2D eigenvalue weighted by Gasteiger charge is -2.34. The number of hydrogen-bond acceptors (Lipinski definition) is 5. The highest BCUT2D eigenvalue weighted by molar-refractivity contribution is 7.89. The second kappa shape index (κ2) is 10.6. The molecule has 3 rings (SSSR count). The summed E-state index contributed by atoms with van der Waals surface area (Å²) in [7, 11) is -0.511. The molecule has 0 radical (unpaired) electrons. The van der Waals surface area contributed by atoms with Gasteiger partial charge in [0, 0.05) is 25.6 Å². The lowest BCUT2D eigenvalue weighted by atomic mass is 10.0. The third kappa shape index (κ3) is 5.77. The summed E-state index contributed by atoms with van der Waals surface area (Å²) in [6.45, 7) is 0.894. The Bertz CT molecular complexity index is 976. The van der Waals surface area contributed by atoms with E-state index in [-0.39, 0.29) is 23.3 Å². The fraction of sp³-hybridized carbons (Fsp3) is 0.435. The average Bonchev–Trinajstić information content (AvgIpc) is 2.79. The van der Waals surface area contributed by atoms with Crippen molar-refractivity contribution in [3.63, 3.8) is 0 Å². The van der Waals surface area contributed by atoms with Crippen LogP contribution in [-0.2, 0) is 21.2 Å². The molecule has 0 saturated carbocycles. The maximum absolute atomic E-state index is 13.2. The molecule has 7 nitrogen and oxygen atoms in total. The zero-order chi connectivity index (χ0) is 22.3. The zero-order valence-corrected chi connectivity index (χ0v) is 18.9. The Kier molecular flexibility index (Phi) is 7.92. The first-order valence-electron chi connectivity index (χ1n) is 10.5. The van der Waals surface area contributed by atoms with Gasteiger partial charge in [0.1, 0.15) is 11.5 Å². The van der Waals surface area contributed by atoms with Crippen molar-refractivity contribution in [1.29, 1.82) is 0 Å². The molecule has 2 aromatic rings. The number of benzene rings is 2. The van der Waals surface area contributed by atoms with Crippen molar-refractivity contribution in [3.05, 3.63) is 54.1 Å². The number of carbonyl (C=O) groups excluding carboxylic acids is 1. The summed E-state index contributed by atoms with van der Waals surface area (Å²) in [5.41, 5.74) is 1.02. The number of sulfonamides is 1. The average molecular weight is 447 g/mol. The second-order valence-electron chi connectivity index (χ2n) is 7.56.